The van der Waals surface area contributed by atoms with E-state index in [0.29, 0.717) is 0 Å². The van der Waals surface area contributed by atoms with Gasteiger partial charge in [0.25, 0.3) is 0 Å². The lowest BCUT2D eigenvalue weighted by atomic mass is 10.1. The van der Waals surface area contributed by atoms with Gasteiger partial charge in [0.1, 0.15) is 0 Å². The Morgan fingerprint density at radius 2 is 1.22 bits per heavy atom. The van der Waals surface area contributed by atoms with Gasteiger partial charge in [-0.3, -0.25) is 9.97 Å². The predicted octanol–water partition coefficient (Wildman–Crippen LogP) is 7.07. The van der Waals surface area contributed by atoms with E-state index in [2.05, 4.69) is 85.1 Å². The third-order valence-electron chi connectivity index (χ3n) is 5.57. The minimum absolute atomic E-state index is 0.810. The van der Waals surface area contributed by atoms with Gasteiger partial charge in [-0.25, -0.2) is 4.98 Å². The van der Waals surface area contributed by atoms with Crippen molar-refractivity contribution in [1.29, 1.82) is 0 Å². The van der Waals surface area contributed by atoms with Gasteiger partial charge < -0.3 is 4.57 Å². The average Bonchev–Trinajstić information content (AvgIpc) is 3.20. The van der Waals surface area contributed by atoms with Crippen LogP contribution >= 0.6 is 15.9 Å². The van der Waals surface area contributed by atoms with Crippen molar-refractivity contribution in [3.05, 3.63) is 108 Å². The monoisotopic (exact) mass is 476 g/mol. The summed E-state index contributed by atoms with van der Waals surface area (Å²) in [6.45, 7) is 0. The number of pyridine rings is 3. The Kier molecular flexibility index (Phi) is 4.55. The van der Waals surface area contributed by atoms with Crippen LogP contribution in [0.15, 0.2) is 108 Å². The van der Waals surface area contributed by atoms with Crippen LogP contribution in [0.5, 0.6) is 0 Å². The summed E-state index contributed by atoms with van der Waals surface area (Å²) < 4.78 is 3.37. The van der Waals surface area contributed by atoms with Crippen LogP contribution in [-0.4, -0.2) is 19.5 Å². The molecule has 6 rings (SSSR count). The summed E-state index contributed by atoms with van der Waals surface area (Å²) in [5.41, 5.74) is 6.56. The molecule has 0 saturated carbocycles. The third-order valence-corrected chi connectivity index (χ3v) is 6.23. The Morgan fingerprint density at radius 3 is 1.88 bits per heavy atom. The highest BCUT2D eigenvalue weighted by Gasteiger charge is 2.16. The fraction of sp³-hybridized carbons (Fsp3) is 0. The SMILES string of the molecule is Brc1cccc2c1c1ccccc1n2-c1cc(-c2ccccn2)nc(-c2ccccn2)c1. The molecule has 32 heavy (non-hydrogen) atoms. The van der Waals surface area contributed by atoms with Crippen molar-refractivity contribution in [1.82, 2.24) is 19.5 Å². The van der Waals surface area contributed by atoms with E-state index in [1.54, 1.807) is 12.4 Å². The number of hydrogen-bond acceptors (Lipinski definition) is 3. The Morgan fingerprint density at radius 1 is 0.594 bits per heavy atom. The molecule has 0 unspecified atom stereocenters. The van der Waals surface area contributed by atoms with Crippen molar-refractivity contribution in [2.24, 2.45) is 0 Å². The van der Waals surface area contributed by atoms with E-state index < -0.39 is 0 Å². The van der Waals surface area contributed by atoms with Crippen LogP contribution in [0.3, 0.4) is 0 Å². The first kappa shape index (κ1) is 18.9. The van der Waals surface area contributed by atoms with E-state index in [9.17, 15) is 0 Å². The Hall–Kier alpha value is -3.83. The van der Waals surface area contributed by atoms with Crippen LogP contribution in [0.25, 0.3) is 50.3 Å². The van der Waals surface area contributed by atoms with Gasteiger partial charge in [0.2, 0.25) is 0 Å². The van der Waals surface area contributed by atoms with E-state index in [0.717, 1.165) is 44.0 Å². The summed E-state index contributed by atoms with van der Waals surface area (Å²) in [6.07, 6.45) is 3.59. The summed E-state index contributed by atoms with van der Waals surface area (Å²) in [5.74, 6) is 0. The molecule has 6 aromatic rings. The smallest absolute Gasteiger partial charge is 0.0915 e. The number of aromatic nitrogens is 4. The Bertz CT molecular complexity index is 1520. The zero-order chi connectivity index (χ0) is 21.5. The van der Waals surface area contributed by atoms with Gasteiger partial charge >= 0.3 is 0 Å². The molecule has 4 aromatic heterocycles. The predicted molar refractivity (Wildman–Crippen MR) is 133 cm³/mol. The molecule has 0 atom stereocenters. The zero-order valence-electron chi connectivity index (χ0n) is 17.0. The van der Waals surface area contributed by atoms with E-state index in [1.807, 2.05) is 36.4 Å². The fourth-order valence-corrected chi connectivity index (χ4v) is 4.76. The maximum absolute atomic E-state index is 4.91. The molecule has 5 heteroatoms. The lowest BCUT2D eigenvalue weighted by molar-refractivity contribution is 1.14. The van der Waals surface area contributed by atoms with E-state index in [-0.39, 0.29) is 0 Å². The number of para-hydroxylation sites is 1. The first-order chi connectivity index (χ1) is 15.8. The lowest BCUT2D eigenvalue weighted by Gasteiger charge is -2.12. The Labute approximate surface area is 193 Å². The highest BCUT2D eigenvalue weighted by Crippen LogP contribution is 2.37. The Balaban J connectivity index is 1.71. The summed E-state index contributed by atoms with van der Waals surface area (Å²) >= 11 is 3.76. The summed E-state index contributed by atoms with van der Waals surface area (Å²) in [7, 11) is 0. The maximum atomic E-state index is 4.91. The van der Waals surface area contributed by atoms with Crippen molar-refractivity contribution in [3.63, 3.8) is 0 Å². The van der Waals surface area contributed by atoms with Gasteiger partial charge in [-0.05, 0) is 54.6 Å². The molecule has 0 amide bonds. The highest BCUT2D eigenvalue weighted by atomic mass is 79.9. The van der Waals surface area contributed by atoms with Crippen LogP contribution in [0.1, 0.15) is 0 Å². The van der Waals surface area contributed by atoms with Crippen molar-refractivity contribution in [2.45, 2.75) is 0 Å². The first-order valence-electron chi connectivity index (χ1n) is 10.3. The third kappa shape index (κ3) is 3.10. The number of rotatable bonds is 3. The van der Waals surface area contributed by atoms with E-state index in [1.165, 1.54) is 10.8 Å². The second-order valence-corrected chi connectivity index (χ2v) is 8.37. The molecular weight excluding hydrogens is 460 g/mol. The second-order valence-electron chi connectivity index (χ2n) is 7.51. The number of nitrogens with zero attached hydrogens (tertiary/aromatic N) is 4. The molecule has 0 aliphatic rings. The van der Waals surface area contributed by atoms with Crippen molar-refractivity contribution in [2.75, 3.05) is 0 Å². The molecule has 0 aliphatic heterocycles. The minimum atomic E-state index is 0.810. The number of fused-ring (bicyclic) bond motifs is 3. The molecule has 152 valence electrons. The summed E-state index contributed by atoms with van der Waals surface area (Å²) in [6, 6.07) is 30.7. The molecular formula is C27H17BrN4. The van der Waals surface area contributed by atoms with E-state index >= 15 is 0 Å². The maximum Gasteiger partial charge on any atom is 0.0915 e. The molecule has 0 spiro atoms. The largest absolute Gasteiger partial charge is 0.309 e. The summed E-state index contributed by atoms with van der Waals surface area (Å²) in [5, 5.41) is 2.39. The lowest BCUT2D eigenvalue weighted by Crippen LogP contribution is -1.99. The molecule has 4 nitrogen and oxygen atoms in total. The molecule has 0 radical (unpaired) electrons. The standard InChI is InChI=1S/C27H17BrN4/c28-20-9-7-13-26-27(20)19-8-1-2-12-25(19)32(26)18-16-23(21-10-3-5-14-29-21)31-24(17-18)22-11-4-6-15-30-22/h1-17H. The molecule has 0 bridgehead atoms. The first-order valence-corrected chi connectivity index (χ1v) is 11.1. The van der Waals surface area contributed by atoms with Crippen LogP contribution in [0.4, 0.5) is 0 Å². The fourth-order valence-electron chi connectivity index (χ4n) is 4.19. The molecule has 0 fully saturated rings. The normalized spacial score (nSPS) is 11.3. The van der Waals surface area contributed by atoms with Crippen LogP contribution in [0.2, 0.25) is 0 Å². The van der Waals surface area contributed by atoms with Gasteiger partial charge in [-0.15, -0.1) is 0 Å². The number of hydrogen-bond donors (Lipinski definition) is 0. The molecule has 0 saturated heterocycles. The van der Waals surface area contributed by atoms with Gasteiger partial charge in [0.15, 0.2) is 0 Å². The van der Waals surface area contributed by atoms with Crippen LogP contribution in [-0.2, 0) is 0 Å². The topological polar surface area (TPSA) is 43.6 Å². The molecule has 2 aromatic carbocycles. The average molecular weight is 477 g/mol. The van der Waals surface area contributed by atoms with Crippen molar-refractivity contribution < 1.29 is 0 Å². The summed E-state index contributed by atoms with van der Waals surface area (Å²) in [4.78, 5) is 14.0. The van der Waals surface area contributed by atoms with Crippen LogP contribution < -0.4 is 0 Å². The van der Waals surface area contributed by atoms with Gasteiger partial charge in [0.05, 0.1) is 39.5 Å². The molecule has 0 N–H and O–H groups in total. The van der Waals surface area contributed by atoms with Gasteiger partial charge in [0, 0.05) is 27.6 Å². The second kappa shape index (κ2) is 7.70. The number of halogens is 1. The van der Waals surface area contributed by atoms with E-state index in [4.69, 9.17) is 4.98 Å². The zero-order valence-corrected chi connectivity index (χ0v) is 18.6. The van der Waals surface area contributed by atoms with Crippen molar-refractivity contribution >= 4 is 37.7 Å². The minimum Gasteiger partial charge on any atom is -0.309 e. The molecule has 4 heterocycles. The van der Waals surface area contributed by atoms with Crippen molar-refractivity contribution in [3.8, 4) is 28.5 Å². The van der Waals surface area contributed by atoms with Gasteiger partial charge in [-0.2, -0.15) is 0 Å². The highest BCUT2D eigenvalue weighted by molar-refractivity contribution is 9.10. The number of benzene rings is 2. The van der Waals surface area contributed by atoms with Crippen LogP contribution in [0, 0.1) is 0 Å². The molecule has 0 aliphatic carbocycles. The quantitative estimate of drug-likeness (QED) is 0.274. The van der Waals surface area contributed by atoms with Gasteiger partial charge in [-0.1, -0.05) is 52.3 Å².